The zero-order valence-electron chi connectivity index (χ0n) is 14.3. The SMILES string of the molecule is O=C(CN1CCC(NS(=O)(=O)c2cccs2)CC1)Nc1ccc(Br)cc1Cl. The van der Waals surface area contributed by atoms with Crippen LogP contribution in [-0.2, 0) is 14.8 Å². The van der Waals surface area contributed by atoms with E-state index < -0.39 is 10.0 Å². The van der Waals surface area contributed by atoms with Gasteiger partial charge in [-0.05, 0) is 42.5 Å². The van der Waals surface area contributed by atoms with Crippen LogP contribution in [0.5, 0.6) is 0 Å². The van der Waals surface area contributed by atoms with Crippen molar-refractivity contribution in [3.63, 3.8) is 0 Å². The summed E-state index contributed by atoms with van der Waals surface area (Å²) in [5, 5.41) is 5.02. The molecule has 6 nitrogen and oxygen atoms in total. The summed E-state index contributed by atoms with van der Waals surface area (Å²) in [7, 11) is -3.45. The average molecular weight is 493 g/mol. The van der Waals surface area contributed by atoms with Crippen molar-refractivity contribution in [3.05, 3.63) is 45.2 Å². The van der Waals surface area contributed by atoms with E-state index in [9.17, 15) is 13.2 Å². The smallest absolute Gasteiger partial charge is 0.250 e. The fraction of sp³-hybridized carbons (Fsp3) is 0.353. The minimum Gasteiger partial charge on any atom is -0.324 e. The third-order valence-corrected chi connectivity index (χ3v) is 7.97. The van der Waals surface area contributed by atoms with E-state index in [1.54, 1.807) is 29.6 Å². The molecule has 1 aliphatic rings. The number of hydrogen-bond acceptors (Lipinski definition) is 5. The Morgan fingerprint density at radius 1 is 1.30 bits per heavy atom. The Bertz CT molecular complexity index is 898. The lowest BCUT2D eigenvalue weighted by Crippen LogP contribution is -2.46. The first-order chi connectivity index (χ1) is 12.8. The lowest BCUT2D eigenvalue weighted by atomic mass is 10.1. The average Bonchev–Trinajstić information content (AvgIpc) is 3.15. The van der Waals surface area contributed by atoms with Gasteiger partial charge < -0.3 is 5.32 Å². The Morgan fingerprint density at radius 2 is 2.04 bits per heavy atom. The van der Waals surface area contributed by atoms with Crippen LogP contribution >= 0.6 is 38.9 Å². The number of amides is 1. The highest BCUT2D eigenvalue weighted by Crippen LogP contribution is 2.25. The molecule has 27 heavy (non-hydrogen) atoms. The molecule has 1 aliphatic heterocycles. The maximum Gasteiger partial charge on any atom is 0.250 e. The monoisotopic (exact) mass is 491 g/mol. The molecular formula is C17H19BrClN3O3S2. The lowest BCUT2D eigenvalue weighted by Gasteiger charge is -2.31. The van der Waals surface area contributed by atoms with Crippen LogP contribution in [0.2, 0.25) is 5.02 Å². The van der Waals surface area contributed by atoms with Gasteiger partial charge >= 0.3 is 0 Å². The molecule has 1 fully saturated rings. The van der Waals surface area contributed by atoms with Crippen LogP contribution in [0, 0.1) is 0 Å². The summed E-state index contributed by atoms with van der Waals surface area (Å²) in [5.41, 5.74) is 0.573. The van der Waals surface area contributed by atoms with Crippen molar-refractivity contribution in [2.24, 2.45) is 0 Å². The third-order valence-electron chi connectivity index (χ3n) is 4.24. The van der Waals surface area contributed by atoms with E-state index in [1.165, 1.54) is 11.3 Å². The highest BCUT2D eigenvalue weighted by molar-refractivity contribution is 9.10. The summed E-state index contributed by atoms with van der Waals surface area (Å²) in [6.07, 6.45) is 1.33. The zero-order valence-corrected chi connectivity index (χ0v) is 18.3. The van der Waals surface area contributed by atoms with Gasteiger partial charge in [-0.1, -0.05) is 33.6 Å². The van der Waals surface area contributed by atoms with E-state index in [1.807, 2.05) is 11.0 Å². The van der Waals surface area contributed by atoms with Crippen molar-refractivity contribution in [1.29, 1.82) is 0 Å². The molecule has 1 aromatic heterocycles. The van der Waals surface area contributed by atoms with Gasteiger partial charge in [-0.3, -0.25) is 9.69 Å². The molecule has 10 heteroatoms. The number of benzene rings is 1. The number of anilines is 1. The van der Waals surface area contributed by atoms with Crippen LogP contribution in [0.1, 0.15) is 12.8 Å². The normalized spacial score (nSPS) is 16.4. The second kappa shape index (κ2) is 9.02. The molecule has 0 unspecified atom stereocenters. The number of carbonyl (C=O) groups is 1. The van der Waals surface area contributed by atoms with E-state index >= 15 is 0 Å². The fourth-order valence-electron chi connectivity index (χ4n) is 2.89. The van der Waals surface area contributed by atoms with Crippen LogP contribution in [0.25, 0.3) is 0 Å². The number of carbonyl (C=O) groups excluding carboxylic acids is 1. The quantitative estimate of drug-likeness (QED) is 0.646. The van der Waals surface area contributed by atoms with Crippen LogP contribution in [0.4, 0.5) is 5.69 Å². The van der Waals surface area contributed by atoms with Crippen LogP contribution < -0.4 is 10.0 Å². The molecule has 2 N–H and O–H groups in total. The maximum atomic E-state index is 12.3. The Hall–Kier alpha value is -0.970. The summed E-state index contributed by atoms with van der Waals surface area (Å²) < 4.78 is 28.5. The highest BCUT2D eigenvalue weighted by atomic mass is 79.9. The largest absolute Gasteiger partial charge is 0.324 e. The van der Waals surface area contributed by atoms with Gasteiger partial charge in [-0.2, -0.15) is 0 Å². The maximum absolute atomic E-state index is 12.3. The molecule has 1 amide bonds. The van der Waals surface area contributed by atoms with Gasteiger partial charge in [0.2, 0.25) is 15.9 Å². The second-order valence-electron chi connectivity index (χ2n) is 6.28. The predicted octanol–water partition coefficient (Wildman–Crippen LogP) is 3.55. The number of thiophene rings is 1. The Labute approximate surface area is 176 Å². The fourth-order valence-corrected chi connectivity index (χ4v) is 5.92. The minimum absolute atomic E-state index is 0.114. The zero-order chi connectivity index (χ0) is 19.4. The summed E-state index contributed by atoms with van der Waals surface area (Å²) >= 11 is 10.6. The standard InChI is InChI=1S/C17H19BrClN3O3S2/c18-12-3-4-15(14(19)10-12)20-16(23)11-22-7-5-13(6-8-22)21-27(24,25)17-2-1-9-26-17/h1-4,9-10,13,21H,5-8,11H2,(H,20,23). The number of hydrogen-bond donors (Lipinski definition) is 2. The van der Waals surface area contributed by atoms with E-state index in [4.69, 9.17) is 11.6 Å². The van der Waals surface area contributed by atoms with Gasteiger partial charge in [0.15, 0.2) is 0 Å². The van der Waals surface area contributed by atoms with Crippen molar-refractivity contribution in [2.75, 3.05) is 25.0 Å². The number of piperidine rings is 1. The van der Waals surface area contributed by atoms with Crippen molar-refractivity contribution >= 4 is 60.5 Å². The summed E-state index contributed by atoms with van der Waals surface area (Å²) in [5.74, 6) is -0.142. The molecule has 1 saturated heterocycles. The van der Waals surface area contributed by atoms with Crippen LogP contribution in [0.15, 0.2) is 44.4 Å². The molecular weight excluding hydrogens is 474 g/mol. The molecule has 0 spiro atoms. The van der Waals surface area contributed by atoms with Gasteiger partial charge in [0, 0.05) is 23.6 Å². The molecule has 3 rings (SSSR count). The Kier molecular flexibility index (Phi) is 6.93. The first kappa shape index (κ1) is 20.8. The molecule has 0 atom stereocenters. The second-order valence-corrected chi connectivity index (χ2v) is 10.5. The Morgan fingerprint density at radius 3 is 2.67 bits per heavy atom. The summed E-state index contributed by atoms with van der Waals surface area (Å²) in [6, 6.07) is 8.49. The number of sulfonamides is 1. The summed E-state index contributed by atoms with van der Waals surface area (Å²) in [4.78, 5) is 14.3. The third kappa shape index (κ3) is 5.75. The molecule has 2 heterocycles. The van der Waals surface area contributed by atoms with E-state index in [2.05, 4.69) is 26.0 Å². The predicted molar refractivity (Wildman–Crippen MR) is 112 cm³/mol. The van der Waals surface area contributed by atoms with Crippen molar-refractivity contribution < 1.29 is 13.2 Å². The topological polar surface area (TPSA) is 78.5 Å². The van der Waals surface area contributed by atoms with Gasteiger partial charge in [-0.15, -0.1) is 11.3 Å². The molecule has 1 aromatic carbocycles. The number of nitrogens with zero attached hydrogens (tertiary/aromatic N) is 1. The van der Waals surface area contributed by atoms with Gasteiger partial charge in [0.1, 0.15) is 4.21 Å². The van der Waals surface area contributed by atoms with Gasteiger partial charge in [0.05, 0.1) is 17.3 Å². The highest BCUT2D eigenvalue weighted by Gasteiger charge is 2.26. The van der Waals surface area contributed by atoms with Gasteiger partial charge in [-0.25, -0.2) is 13.1 Å². The molecule has 0 aliphatic carbocycles. The van der Waals surface area contributed by atoms with Crippen molar-refractivity contribution in [3.8, 4) is 0 Å². The van der Waals surface area contributed by atoms with Gasteiger partial charge in [0.25, 0.3) is 0 Å². The first-order valence-electron chi connectivity index (χ1n) is 8.36. The number of rotatable bonds is 6. The van der Waals surface area contributed by atoms with Crippen LogP contribution in [-0.4, -0.2) is 44.9 Å². The molecule has 2 aromatic rings. The van der Waals surface area contributed by atoms with Crippen molar-refractivity contribution in [2.45, 2.75) is 23.1 Å². The number of halogens is 2. The summed E-state index contributed by atoms with van der Waals surface area (Å²) in [6.45, 7) is 1.55. The Balaban J connectivity index is 1.47. The number of likely N-dealkylation sites (tertiary alicyclic amines) is 1. The minimum atomic E-state index is -3.45. The molecule has 0 radical (unpaired) electrons. The van der Waals surface area contributed by atoms with Crippen LogP contribution in [0.3, 0.4) is 0 Å². The first-order valence-corrected chi connectivity index (χ1v) is 11.9. The number of nitrogens with one attached hydrogen (secondary N) is 2. The molecule has 0 bridgehead atoms. The van der Waals surface area contributed by atoms with E-state index in [0.29, 0.717) is 40.9 Å². The van der Waals surface area contributed by atoms with E-state index in [-0.39, 0.29) is 18.5 Å². The van der Waals surface area contributed by atoms with Crippen molar-refractivity contribution in [1.82, 2.24) is 9.62 Å². The van der Waals surface area contributed by atoms with E-state index in [0.717, 1.165) is 4.47 Å². The lowest BCUT2D eigenvalue weighted by molar-refractivity contribution is -0.117. The molecule has 0 saturated carbocycles. The molecule has 146 valence electrons.